The van der Waals surface area contributed by atoms with Gasteiger partial charge in [-0.3, -0.25) is 0 Å². The Morgan fingerprint density at radius 3 is 2.72 bits per heavy atom. The summed E-state index contributed by atoms with van der Waals surface area (Å²) in [5, 5.41) is 3.99. The van der Waals surface area contributed by atoms with Gasteiger partial charge >= 0.3 is 0 Å². The van der Waals surface area contributed by atoms with Crippen molar-refractivity contribution in [1.82, 2.24) is 10.1 Å². The second-order valence-electron chi connectivity index (χ2n) is 4.63. The third kappa shape index (κ3) is 2.28. The number of nitrogens with two attached hydrogens (primary N) is 1. The predicted molar refractivity (Wildman–Crippen MR) is 70.0 cm³/mol. The van der Waals surface area contributed by atoms with Crippen molar-refractivity contribution >= 4 is 11.8 Å². The molecule has 94 valence electrons. The third-order valence-electron chi connectivity index (χ3n) is 3.25. The largest absolute Gasteiger partial charge is 0.337 e. The van der Waals surface area contributed by atoms with Crippen LogP contribution in [0.5, 0.6) is 0 Å². The third-order valence-corrected chi connectivity index (χ3v) is 4.26. The molecule has 0 spiro atoms. The molecule has 2 N–H and O–H groups in total. The van der Waals surface area contributed by atoms with Crippen LogP contribution in [0.3, 0.4) is 0 Å². The second kappa shape index (κ2) is 4.74. The summed E-state index contributed by atoms with van der Waals surface area (Å²) >= 11 is 1.70. The molecular weight excluding hydrogens is 246 g/mol. The van der Waals surface area contributed by atoms with E-state index in [1.165, 1.54) is 4.90 Å². The minimum Gasteiger partial charge on any atom is -0.337 e. The van der Waals surface area contributed by atoms with Crippen molar-refractivity contribution in [2.45, 2.75) is 35.4 Å². The van der Waals surface area contributed by atoms with Crippen LogP contribution in [-0.4, -0.2) is 10.1 Å². The highest BCUT2D eigenvalue weighted by Crippen LogP contribution is 2.37. The quantitative estimate of drug-likeness (QED) is 0.857. The molecule has 0 atom stereocenters. The zero-order valence-corrected chi connectivity index (χ0v) is 10.8. The van der Waals surface area contributed by atoms with Gasteiger partial charge in [-0.2, -0.15) is 4.98 Å². The van der Waals surface area contributed by atoms with Gasteiger partial charge in [0.15, 0.2) is 5.82 Å². The number of benzene rings is 1. The van der Waals surface area contributed by atoms with E-state index in [-0.39, 0.29) is 5.54 Å². The molecule has 0 radical (unpaired) electrons. The van der Waals surface area contributed by atoms with Gasteiger partial charge in [-0.1, -0.05) is 23.4 Å². The molecule has 1 aliphatic rings. The first kappa shape index (κ1) is 11.7. The summed E-state index contributed by atoms with van der Waals surface area (Å²) < 4.78 is 5.26. The summed E-state index contributed by atoms with van der Waals surface area (Å²) in [6.07, 6.45) is 3.04. The smallest absolute Gasteiger partial charge is 0.246 e. The maximum absolute atomic E-state index is 6.14. The molecule has 4 nitrogen and oxygen atoms in total. The van der Waals surface area contributed by atoms with Crippen molar-refractivity contribution in [2.24, 2.45) is 5.73 Å². The van der Waals surface area contributed by atoms with Crippen LogP contribution in [0.25, 0.3) is 0 Å². The van der Waals surface area contributed by atoms with E-state index in [1.54, 1.807) is 11.8 Å². The minimum atomic E-state index is -0.358. The standard InChI is InChI=1S/C13H15N3OS/c14-13(7-4-8-13)12-15-11(16-17-12)9-18-10-5-2-1-3-6-10/h1-3,5-6H,4,7-9,14H2. The minimum absolute atomic E-state index is 0.358. The molecule has 2 aromatic rings. The van der Waals surface area contributed by atoms with E-state index in [0.717, 1.165) is 25.1 Å². The highest BCUT2D eigenvalue weighted by molar-refractivity contribution is 7.98. The Morgan fingerprint density at radius 1 is 1.28 bits per heavy atom. The van der Waals surface area contributed by atoms with Crippen molar-refractivity contribution in [3.8, 4) is 0 Å². The zero-order chi connectivity index (χ0) is 12.4. The van der Waals surface area contributed by atoms with Crippen LogP contribution in [0.2, 0.25) is 0 Å². The molecule has 0 bridgehead atoms. The number of aromatic nitrogens is 2. The van der Waals surface area contributed by atoms with Gasteiger partial charge in [0.25, 0.3) is 0 Å². The molecule has 3 rings (SSSR count). The normalized spacial score (nSPS) is 17.4. The summed E-state index contributed by atoms with van der Waals surface area (Å²) in [6, 6.07) is 10.2. The van der Waals surface area contributed by atoms with Gasteiger partial charge in [0, 0.05) is 4.90 Å². The zero-order valence-electron chi connectivity index (χ0n) is 10.0. The van der Waals surface area contributed by atoms with Crippen molar-refractivity contribution in [2.75, 3.05) is 0 Å². The average Bonchev–Trinajstić information content (AvgIpc) is 2.84. The van der Waals surface area contributed by atoms with E-state index in [2.05, 4.69) is 22.3 Å². The van der Waals surface area contributed by atoms with E-state index in [4.69, 9.17) is 10.3 Å². The van der Waals surface area contributed by atoms with E-state index < -0.39 is 0 Å². The van der Waals surface area contributed by atoms with Gasteiger partial charge in [0.1, 0.15) is 0 Å². The highest BCUT2D eigenvalue weighted by atomic mass is 32.2. The number of hydrogen-bond donors (Lipinski definition) is 1. The Balaban J connectivity index is 1.64. The van der Waals surface area contributed by atoms with E-state index in [0.29, 0.717) is 11.6 Å². The second-order valence-corrected chi connectivity index (χ2v) is 5.68. The van der Waals surface area contributed by atoms with Gasteiger partial charge in [-0.15, -0.1) is 11.8 Å². The molecule has 0 unspecified atom stereocenters. The fraction of sp³-hybridized carbons (Fsp3) is 0.385. The monoisotopic (exact) mass is 261 g/mol. The maximum Gasteiger partial charge on any atom is 0.246 e. The summed E-state index contributed by atoms with van der Waals surface area (Å²) in [5.74, 6) is 2.02. The lowest BCUT2D eigenvalue weighted by molar-refractivity contribution is 0.181. The van der Waals surface area contributed by atoms with Gasteiger partial charge in [0.2, 0.25) is 5.89 Å². The Hall–Kier alpha value is -1.33. The molecule has 0 amide bonds. The first-order valence-electron chi connectivity index (χ1n) is 6.06. The Bertz CT molecular complexity index is 522. The van der Waals surface area contributed by atoms with Gasteiger partial charge in [0.05, 0.1) is 11.3 Å². The van der Waals surface area contributed by atoms with Crippen LogP contribution in [-0.2, 0) is 11.3 Å². The molecule has 1 heterocycles. The molecule has 1 aromatic heterocycles. The fourth-order valence-electron chi connectivity index (χ4n) is 1.95. The average molecular weight is 261 g/mol. The van der Waals surface area contributed by atoms with Crippen LogP contribution in [0.1, 0.15) is 31.0 Å². The Labute approximate surface area is 110 Å². The van der Waals surface area contributed by atoms with E-state index in [9.17, 15) is 0 Å². The first-order valence-corrected chi connectivity index (χ1v) is 7.05. The van der Waals surface area contributed by atoms with E-state index in [1.807, 2.05) is 18.2 Å². The summed E-state index contributed by atoms with van der Waals surface area (Å²) in [4.78, 5) is 5.60. The van der Waals surface area contributed by atoms with Crippen molar-refractivity contribution in [3.05, 3.63) is 42.0 Å². The van der Waals surface area contributed by atoms with E-state index >= 15 is 0 Å². The molecule has 1 fully saturated rings. The van der Waals surface area contributed by atoms with Crippen LogP contribution in [0.4, 0.5) is 0 Å². The topological polar surface area (TPSA) is 64.9 Å². The lowest BCUT2D eigenvalue weighted by atomic mass is 9.78. The first-order chi connectivity index (χ1) is 8.76. The number of rotatable bonds is 4. The number of thioether (sulfide) groups is 1. The van der Waals surface area contributed by atoms with Crippen LogP contribution in [0, 0.1) is 0 Å². The SMILES string of the molecule is NC1(c2nc(CSc3ccccc3)no2)CCC1. The predicted octanol–water partition coefficient (Wildman–Crippen LogP) is 2.70. The lowest BCUT2D eigenvalue weighted by Crippen LogP contribution is -2.43. The summed E-state index contributed by atoms with van der Waals surface area (Å²) in [7, 11) is 0. The Kier molecular flexibility index (Phi) is 3.09. The van der Waals surface area contributed by atoms with Crippen molar-refractivity contribution in [1.29, 1.82) is 0 Å². The molecule has 1 saturated carbocycles. The molecule has 0 aliphatic heterocycles. The summed E-state index contributed by atoms with van der Waals surface area (Å²) in [6.45, 7) is 0. The molecule has 5 heteroatoms. The maximum atomic E-state index is 6.14. The molecule has 0 saturated heterocycles. The molecule has 1 aliphatic carbocycles. The fourth-order valence-corrected chi connectivity index (χ4v) is 2.71. The highest BCUT2D eigenvalue weighted by Gasteiger charge is 2.39. The number of nitrogens with zero attached hydrogens (tertiary/aromatic N) is 2. The van der Waals surface area contributed by atoms with Crippen molar-refractivity contribution in [3.63, 3.8) is 0 Å². The van der Waals surface area contributed by atoms with Gasteiger partial charge < -0.3 is 10.3 Å². The van der Waals surface area contributed by atoms with Gasteiger partial charge in [-0.05, 0) is 31.4 Å². The lowest BCUT2D eigenvalue weighted by Gasteiger charge is -2.33. The van der Waals surface area contributed by atoms with Crippen molar-refractivity contribution < 1.29 is 4.52 Å². The summed E-state index contributed by atoms with van der Waals surface area (Å²) in [5.41, 5.74) is 5.78. The van der Waals surface area contributed by atoms with Crippen LogP contribution in [0.15, 0.2) is 39.8 Å². The van der Waals surface area contributed by atoms with Crippen LogP contribution < -0.4 is 5.73 Å². The molecule has 18 heavy (non-hydrogen) atoms. The van der Waals surface area contributed by atoms with Crippen LogP contribution >= 0.6 is 11.8 Å². The Morgan fingerprint density at radius 2 is 2.06 bits per heavy atom. The van der Waals surface area contributed by atoms with Gasteiger partial charge in [-0.25, -0.2) is 0 Å². The number of hydrogen-bond acceptors (Lipinski definition) is 5. The molecule has 1 aromatic carbocycles. The molecular formula is C13H15N3OS.